The molecule has 1 aliphatic heterocycles. The van der Waals surface area contributed by atoms with E-state index in [1.54, 1.807) is 0 Å². The third kappa shape index (κ3) is 3.76. The van der Waals surface area contributed by atoms with E-state index in [-0.39, 0.29) is 23.7 Å². The Bertz CT molecular complexity index is 1010. The number of benzene rings is 2. The molecule has 0 saturated heterocycles. The number of nitrogens with one attached hydrogen (secondary N) is 1. The molecule has 152 valence electrons. The van der Waals surface area contributed by atoms with Crippen LogP contribution in [0.1, 0.15) is 0 Å². The number of amides is 2. The minimum atomic E-state index is -2.31. The zero-order valence-corrected chi connectivity index (χ0v) is 14.3. The Balaban J connectivity index is 1.84. The second kappa shape index (κ2) is 7.87. The average molecular weight is 414 g/mol. The van der Waals surface area contributed by atoms with Crippen molar-refractivity contribution in [1.29, 1.82) is 0 Å². The van der Waals surface area contributed by atoms with Crippen LogP contribution in [-0.4, -0.2) is 35.0 Å². The summed E-state index contributed by atoms with van der Waals surface area (Å²) in [6.45, 7) is -0.632. The molecule has 0 saturated carbocycles. The largest absolute Gasteiger partial charge is 0.451 e. The highest BCUT2D eigenvalue weighted by Gasteiger charge is 2.31. The monoisotopic (exact) mass is 414 g/mol. The minimum absolute atomic E-state index is 0.129. The van der Waals surface area contributed by atoms with Gasteiger partial charge in [-0.1, -0.05) is 6.07 Å². The summed E-state index contributed by atoms with van der Waals surface area (Å²) in [5, 5.41) is 11.5. The Kier molecular flexibility index (Phi) is 5.50. The second-order valence-corrected chi connectivity index (χ2v) is 5.73. The predicted molar refractivity (Wildman–Crippen MR) is 88.3 cm³/mol. The van der Waals surface area contributed by atoms with Gasteiger partial charge in [0.25, 0.3) is 11.8 Å². The summed E-state index contributed by atoms with van der Waals surface area (Å²) < 4.78 is 72.0. The van der Waals surface area contributed by atoms with Gasteiger partial charge in [-0.3, -0.25) is 14.5 Å². The van der Waals surface area contributed by atoms with Gasteiger partial charge in [-0.25, -0.2) is 13.2 Å². The summed E-state index contributed by atoms with van der Waals surface area (Å²) in [6, 6.07) is 5.01. The topological polar surface area (TPSA) is 78.9 Å². The third-order valence-corrected chi connectivity index (χ3v) is 3.84. The highest BCUT2D eigenvalue weighted by Crippen LogP contribution is 2.33. The number of aliphatic hydroxyl groups excluding tert-OH is 1. The molecule has 2 amide bonds. The van der Waals surface area contributed by atoms with Crippen LogP contribution >= 0.6 is 0 Å². The van der Waals surface area contributed by atoms with Crippen LogP contribution in [0.2, 0.25) is 0 Å². The van der Waals surface area contributed by atoms with Gasteiger partial charge in [0.2, 0.25) is 34.8 Å². The summed E-state index contributed by atoms with van der Waals surface area (Å²) in [6.07, 6.45) is 0.982. The molecule has 1 heterocycles. The SMILES string of the molecule is O=C1C=C(Nc2cccc(Oc3c(F)c(F)c(F)c(F)c3F)c2)C(=O)N1CCO. The summed E-state index contributed by atoms with van der Waals surface area (Å²) in [7, 11) is 0. The van der Waals surface area contributed by atoms with E-state index in [9.17, 15) is 31.5 Å². The Morgan fingerprint density at radius 1 is 0.966 bits per heavy atom. The summed E-state index contributed by atoms with van der Waals surface area (Å²) in [4.78, 5) is 24.6. The molecule has 0 spiro atoms. The lowest BCUT2D eigenvalue weighted by Gasteiger charge is -2.14. The number of ether oxygens (including phenoxy) is 1. The molecule has 0 aliphatic carbocycles. The Hall–Kier alpha value is -3.47. The molecule has 0 unspecified atom stereocenters. The number of β-amino-alcohol motifs (C(OH)–C–C–N with tert-alkyl or cyclic N) is 1. The van der Waals surface area contributed by atoms with Gasteiger partial charge < -0.3 is 15.2 Å². The number of nitrogens with zero attached hydrogens (tertiary/aromatic N) is 1. The third-order valence-electron chi connectivity index (χ3n) is 3.84. The molecule has 0 fully saturated rings. The number of carbonyl (C=O) groups is 2. The van der Waals surface area contributed by atoms with Crippen LogP contribution in [0, 0.1) is 29.1 Å². The van der Waals surface area contributed by atoms with Crippen LogP contribution < -0.4 is 10.1 Å². The highest BCUT2D eigenvalue weighted by molar-refractivity contribution is 6.17. The highest BCUT2D eigenvalue weighted by atomic mass is 19.2. The molecule has 2 aromatic rings. The fourth-order valence-corrected chi connectivity index (χ4v) is 2.49. The van der Waals surface area contributed by atoms with E-state index in [0.29, 0.717) is 0 Å². The van der Waals surface area contributed by atoms with Crippen LogP contribution in [-0.2, 0) is 9.59 Å². The zero-order valence-electron chi connectivity index (χ0n) is 14.3. The molecular weight excluding hydrogens is 403 g/mol. The number of anilines is 1. The molecule has 0 radical (unpaired) electrons. The molecule has 0 atom stereocenters. The van der Waals surface area contributed by atoms with Crippen molar-refractivity contribution in [3.05, 3.63) is 65.1 Å². The van der Waals surface area contributed by atoms with E-state index in [1.165, 1.54) is 18.2 Å². The maximum atomic E-state index is 13.7. The lowest BCUT2D eigenvalue weighted by molar-refractivity contribution is -0.137. The summed E-state index contributed by atoms with van der Waals surface area (Å²) in [5.41, 5.74) is -0.0125. The van der Waals surface area contributed by atoms with Crippen LogP contribution in [0.3, 0.4) is 0 Å². The summed E-state index contributed by atoms with van der Waals surface area (Å²) in [5.74, 6) is -14.1. The maximum absolute atomic E-state index is 13.7. The van der Waals surface area contributed by atoms with Crippen LogP contribution in [0.4, 0.5) is 27.6 Å². The quantitative estimate of drug-likeness (QED) is 0.329. The number of imide groups is 1. The van der Waals surface area contributed by atoms with Gasteiger partial charge in [0, 0.05) is 17.8 Å². The van der Waals surface area contributed by atoms with Gasteiger partial charge in [0.1, 0.15) is 11.4 Å². The Morgan fingerprint density at radius 2 is 1.59 bits per heavy atom. The summed E-state index contributed by atoms with van der Waals surface area (Å²) >= 11 is 0. The van der Waals surface area contributed by atoms with Crippen LogP contribution in [0.15, 0.2) is 36.0 Å². The number of halogens is 5. The first-order valence-corrected chi connectivity index (χ1v) is 7.99. The number of hydrogen-bond donors (Lipinski definition) is 2. The Morgan fingerprint density at radius 3 is 2.21 bits per heavy atom. The van der Waals surface area contributed by atoms with E-state index < -0.39 is 53.3 Å². The van der Waals surface area contributed by atoms with E-state index >= 15 is 0 Å². The van der Waals surface area contributed by atoms with Crippen molar-refractivity contribution in [2.24, 2.45) is 0 Å². The van der Waals surface area contributed by atoms with E-state index in [1.807, 2.05) is 0 Å². The van der Waals surface area contributed by atoms with Crippen molar-refractivity contribution < 1.29 is 41.4 Å². The molecule has 0 aromatic heterocycles. The maximum Gasteiger partial charge on any atom is 0.277 e. The predicted octanol–water partition coefficient (Wildman–Crippen LogP) is 2.83. The smallest absolute Gasteiger partial charge is 0.277 e. The number of rotatable bonds is 6. The molecule has 2 N–H and O–H groups in total. The Labute approximate surface area is 159 Å². The van der Waals surface area contributed by atoms with Gasteiger partial charge in [-0.05, 0) is 12.1 Å². The van der Waals surface area contributed by atoms with Gasteiger partial charge in [0.15, 0.2) is 0 Å². The van der Waals surface area contributed by atoms with Crippen LogP contribution in [0.25, 0.3) is 0 Å². The van der Waals surface area contributed by atoms with Crippen molar-refractivity contribution in [3.63, 3.8) is 0 Å². The first-order valence-electron chi connectivity index (χ1n) is 7.99. The van der Waals surface area contributed by atoms with Crippen molar-refractivity contribution in [2.45, 2.75) is 0 Å². The van der Waals surface area contributed by atoms with E-state index in [0.717, 1.165) is 17.0 Å². The van der Waals surface area contributed by atoms with Gasteiger partial charge in [-0.2, -0.15) is 8.78 Å². The second-order valence-electron chi connectivity index (χ2n) is 5.73. The van der Waals surface area contributed by atoms with Crippen molar-refractivity contribution in [3.8, 4) is 11.5 Å². The van der Waals surface area contributed by atoms with Crippen molar-refractivity contribution in [2.75, 3.05) is 18.5 Å². The molecule has 0 bridgehead atoms. The van der Waals surface area contributed by atoms with Gasteiger partial charge >= 0.3 is 0 Å². The number of aliphatic hydroxyl groups is 1. The lowest BCUT2D eigenvalue weighted by Crippen LogP contribution is -2.34. The number of hydrogen-bond acceptors (Lipinski definition) is 5. The first-order chi connectivity index (χ1) is 13.7. The fraction of sp³-hybridized carbons (Fsp3) is 0.111. The lowest BCUT2D eigenvalue weighted by atomic mass is 10.2. The number of carbonyl (C=O) groups excluding carboxylic acids is 2. The molecule has 11 heteroatoms. The van der Waals surface area contributed by atoms with E-state index in [2.05, 4.69) is 5.32 Å². The molecule has 2 aromatic carbocycles. The van der Waals surface area contributed by atoms with Gasteiger partial charge in [-0.15, -0.1) is 0 Å². The fourth-order valence-electron chi connectivity index (χ4n) is 2.49. The van der Waals surface area contributed by atoms with Crippen molar-refractivity contribution >= 4 is 17.5 Å². The molecule has 29 heavy (non-hydrogen) atoms. The average Bonchev–Trinajstić information content (AvgIpc) is 2.96. The standard InChI is InChI=1S/C18H11F5N2O4/c19-12-13(20)15(22)17(16(23)14(12)21)29-9-3-1-2-8(6-9)24-10-7-11(27)25(4-5-26)18(10)28/h1-3,6-7,24,26H,4-5H2. The zero-order chi connectivity index (χ0) is 21.3. The van der Waals surface area contributed by atoms with E-state index in [4.69, 9.17) is 9.84 Å². The molecular formula is C18H11F5N2O4. The van der Waals surface area contributed by atoms with Gasteiger partial charge in [0.05, 0.1) is 13.2 Å². The molecule has 6 nitrogen and oxygen atoms in total. The molecule has 3 rings (SSSR count). The minimum Gasteiger partial charge on any atom is -0.451 e. The normalized spacial score (nSPS) is 13.7. The van der Waals surface area contributed by atoms with Crippen molar-refractivity contribution in [1.82, 2.24) is 4.90 Å². The van der Waals surface area contributed by atoms with Crippen LogP contribution in [0.5, 0.6) is 11.5 Å². The molecule has 1 aliphatic rings. The first kappa shape index (κ1) is 20.3.